The Balaban J connectivity index is 2.28. The smallest absolute Gasteiger partial charge is 0.262 e. The van der Waals surface area contributed by atoms with E-state index >= 15 is 0 Å². The van der Waals surface area contributed by atoms with E-state index in [2.05, 4.69) is 16.6 Å². The highest BCUT2D eigenvalue weighted by Gasteiger charge is 2.17. The molecule has 23 heavy (non-hydrogen) atoms. The van der Waals surface area contributed by atoms with Crippen molar-refractivity contribution in [1.29, 1.82) is 0 Å². The summed E-state index contributed by atoms with van der Waals surface area (Å²) in [7, 11) is -4.00. The molecule has 0 aliphatic carbocycles. The van der Waals surface area contributed by atoms with Gasteiger partial charge >= 0.3 is 0 Å². The molecule has 1 amide bonds. The van der Waals surface area contributed by atoms with Gasteiger partial charge in [0.05, 0.1) is 10.6 Å². The summed E-state index contributed by atoms with van der Waals surface area (Å²) in [5, 5.41) is 2.55. The van der Waals surface area contributed by atoms with Gasteiger partial charge in [0.25, 0.3) is 15.9 Å². The van der Waals surface area contributed by atoms with Crippen LogP contribution in [0.1, 0.15) is 10.4 Å². The second kappa shape index (κ2) is 7.06. The third kappa shape index (κ3) is 4.17. The molecule has 5 nitrogen and oxygen atoms in total. The number of sulfonamides is 1. The lowest BCUT2D eigenvalue weighted by atomic mass is 10.2. The summed E-state index contributed by atoms with van der Waals surface area (Å²) in [6.07, 6.45) is 1.51. The molecule has 2 aromatic carbocycles. The van der Waals surface area contributed by atoms with Crippen molar-refractivity contribution in [3.63, 3.8) is 0 Å². The summed E-state index contributed by atoms with van der Waals surface area (Å²) in [5.74, 6) is -1.11. The fraction of sp³-hybridized carbons (Fsp3) is 0.0625. The maximum absolute atomic E-state index is 13.6. The molecule has 0 bridgehead atoms. The zero-order chi connectivity index (χ0) is 16.9. The molecule has 0 saturated heterocycles. The van der Waals surface area contributed by atoms with Crippen LogP contribution in [0.3, 0.4) is 0 Å². The molecule has 0 spiro atoms. The number of amides is 1. The van der Waals surface area contributed by atoms with Gasteiger partial charge in [-0.05, 0) is 30.3 Å². The Morgan fingerprint density at radius 2 is 1.91 bits per heavy atom. The molecule has 2 N–H and O–H groups in total. The first kappa shape index (κ1) is 16.7. The van der Waals surface area contributed by atoms with Crippen LogP contribution in [0.25, 0.3) is 0 Å². The number of benzene rings is 2. The minimum absolute atomic E-state index is 0.132. The molecule has 0 saturated carbocycles. The van der Waals surface area contributed by atoms with E-state index in [9.17, 15) is 17.6 Å². The van der Waals surface area contributed by atoms with Crippen LogP contribution in [0.5, 0.6) is 0 Å². The number of anilines is 1. The molecule has 2 rings (SSSR count). The highest BCUT2D eigenvalue weighted by Crippen LogP contribution is 2.19. The lowest BCUT2D eigenvalue weighted by molar-refractivity contribution is 0.0958. The summed E-state index contributed by atoms with van der Waals surface area (Å²) in [6, 6.07) is 10.9. The largest absolute Gasteiger partial charge is 0.349 e. The van der Waals surface area contributed by atoms with Crippen molar-refractivity contribution < 1.29 is 17.6 Å². The van der Waals surface area contributed by atoms with E-state index in [1.165, 1.54) is 48.5 Å². The number of carbonyl (C=O) groups excluding carboxylic acids is 1. The maximum Gasteiger partial charge on any atom is 0.262 e. The fourth-order valence-electron chi connectivity index (χ4n) is 1.82. The molecule has 0 aromatic heterocycles. The van der Waals surface area contributed by atoms with Crippen molar-refractivity contribution in [2.24, 2.45) is 0 Å². The molecular weight excluding hydrogens is 319 g/mol. The Hall–Kier alpha value is -2.67. The van der Waals surface area contributed by atoms with Crippen LogP contribution in [0.4, 0.5) is 10.1 Å². The number of rotatable bonds is 6. The third-order valence-corrected chi connectivity index (χ3v) is 4.29. The van der Waals surface area contributed by atoms with Crippen LogP contribution in [0.15, 0.2) is 66.1 Å². The van der Waals surface area contributed by atoms with Gasteiger partial charge in [0.15, 0.2) is 0 Å². The van der Waals surface area contributed by atoms with Gasteiger partial charge in [0, 0.05) is 12.1 Å². The zero-order valence-corrected chi connectivity index (χ0v) is 12.9. The van der Waals surface area contributed by atoms with Gasteiger partial charge in [-0.25, -0.2) is 12.8 Å². The summed E-state index contributed by atoms with van der Waals surface area (Å²) in [4.78, 5) is 11.7. The third-order valence-electron chi connectivity index (χ3n) is 2.93. The number of nitrogens with one attached hydrogen (secondary N) is 2. The molecule has 7 heteroatoms. The van der Waals surface area contributed by atoms with Crippen molar-refractivity contribution >= 4 is 21.6 Å². The van der Waals surface area contributed by atoms with Gasteiger partial charge < -0.3 is 5.32 Å². The molecule has 0 heterocycles. The summed E-state index contributed by atoms with van der Waals surface area (Å²) in [5.41, 5.74) is 0.0253. The Kier molecular flexibility index (Phi) is 5.13. The highest BCUT2D eigenvalue weighted by molar-refractivity contribution is 7.92. The molecule has 2 aromatic rings. The van der Waals surface area contributed by atoms with Crippen LogP contribution < -0.4 is 10.0 Å². The second-order valence-electron chi connectivity index (χ2n) is 4.61. The van der Waals surface area contributed by atoms with E-state index < -0.39 is 21.7 Å². The maximum atomic E-state index is 13.6. The average Bonchev–Trinajstić information content (AvgIpc) is 2.54. The van der Waals surface area contributed by atoms with Crippen molar-refractivity contribution in [3.05, 3.63) is 72.6 Å². The monoisotopic (exact) mass is 334 g/mol. The first-order valence-electron chi connectivity index (χ1n) is 6.70. The van der Waals surface area contributed by atoms with Crippen molar-refractivity contribution in [2.75, 3.05) is 11.3 Å². The number of para-hydroxylation sites is 1. The van der Waals surface area contributed by atoms with Gasteiger partial charge in [-0.3, -0.25) is 9.52 Å². The van der Waals surface area contributed by atoms with Crippen molar-refractivity contribution in [2.45, 2.75) is 4.90 Å². The van der Waals surface area contributed by atoms with Crippen LogP contribution in [0, 0.1) is 5.82 Å². The number of carbonyl (C=O) groups is 1. The van der Waals surface area contributed by atoms with E-state index in [1.54, 1.807) is 0 Å². The standard InChI is InChI=1S/C16H15FN2O3S/c1-2-10-18-16(20)12-6-5-7-13(11-12)23(21,22)19-15-9-4-3-8-14(15)17/h2-9,11,19H,1,10H2,(H,18,20). The van der Waals surface area contributed by atoms with E-state index in [0.29, 0.717) is 0 Å². The molecule has 0 atom stereocenters. The Morgan fingerprint density at radius 1 is 1.17 bits per heavy atom. The minimum Gasteiger partial charge on any atom is -0.349 e. The SMILES string of the molecule is C=CCNC(=O)c1cccc(S(=O)(=O)Nc2ccccc2F)c1. The number of hydrogen-bond donors (Lipinski definition) is 2. The van der Waals surface area contributed by atoms with E-state index in [1.807, 2.05) is 0 Å². The van der Waals surface area contributed by atoms with Crippen LogP contribution in [0.2, 0.25) is 0 Å². The Morgan fingerprint density at radius 3 is 2.61 bits per heavy atom. The van der Waals surface area contributed by atoms with Gasteiger partial charge in [-0.2, -0.15) is 0 Å². The lowest BCUT2D eigenvalue weighted by Crippen LogP contribution is -2.23. The van der Waals surface area contributed by atoms with Crippen LogP contribution >= 0.6 is 0 Å². The second-order valence-corrected chi connectivity index (χ2v) is 6.29. The lowest BCUT2D eigenvalue weighted by Gasteiger charge is -2.10. The average molecular weight is 334 g/mol. The zero-order valence-electron chi connectivity index (χ0n) is 12.1. The summed E-state index contributed by atoms with van der Waals surface area (Å²) >= 11 is 0. The topological polar surface area (TPSA) is 75.3 Å². The quantitative estimate of drug-likeness (QED) is 0.797. The van der Waals surface area contributed by atoms with Gasteiger partial charge in [0.2, 0.25) is 0 Å². The van der Waals surface area contributed by atoms with E-state index in [0.717, 1.165) is 6.07 Å². The molecule has 0 radical (unpaired) electrons. The molecule has 120 valence electrons. The van der Waals surface area contributed by atoms with Crippen LogP contribution in [-0.2, 0) is 10.0 Å². The summed E-state index contributed by atoms with van der Waals surface area (Å²) in [6.45, 7) is 3.75. The predicted octanol–water partition coefficient (Wildman–Crippen LogP) is 2.54. The predicted molar refractivity (Wildman–Crippen MR) is 86.2 cm³/mol. The molecule has 0 aliphatic heterocycles. The number of halogens is 1. The first-order valence-corrected chi connectivity index (χ1v) is 8.19. The van der Waals surface area contributed by atoms with Gasteiger partial charge in [0.1, 0.15) is 5.82 Å². The minimum atomic E-state index is -4.00. The van der Waals surface area contributed by atoms with Crippen molar-refractivity contribution in [3.8, 4) is 0 Å². The summed E-state index contributed by atoms with van der Waals surface area (Å²) < 4.78 is 40.4. The molecule has 0 fully saturated rings. The Labute approximate surface area is 133 Å². The Bertz CT molecular complexity index is 835. The molecule has 0 aliphatic rings. The first-order chi connectivity index (χ1) is 10.9. The van der Waals surface area contributed by atoms with Gasteiger partial charge in [-0.1, -0.05) is 24.3 Å². The molecular formula is C16H15FN2O3S. The van der Waals surface area contributed by atoms with Gasteiger partial charge in [-0.15, -0.1) is 6.58 Å². The van der Waals surface area contributed by atoms with Crippen LogP contribution in [-0.4, -0.2) is 20.9 Å². The number of hydrogen-bond acceptors (Lipinski definition) is 3. The highest BCUT2D eigenvalue weighted by atomic mass is 32.2. The van der Waals surface area contributed by atoms with E-state index in [4.69, 9.17) is 0 Å². The van der Waals surface area contributed by atoms with Crippen molar-refractivity contribution in [1.82, 2.24) is 5.32 Å². The van der Waals surface area contributed by atoms with E-state index in [-0.39, 0.29) is 22.7 Å². The normalized spacial score (nSPS) is 10.8. The fourth-order valence-corrected chi connectivity index (χ4v) is 2.93. The molecule has 0 unspecified atom stereocenters.